The van der Waals surface area contributed by atoms with Crippen molar-refractivity contribution in [3.63, 3.8) is 0 Å². The summed E-state index contributed by atoms with van der Waals surface area (Å²) in [6, 6.07) is 21.9. The lowest BCUT2D eigenvalue weighted by molar-refractivity contribution is -0.122. The van der Waals surface area contributed by atoms with Crippen LogP contribution in [0, 0.1) is 5.82 Å². The number of thiocarbonyl (C=S) groups is 1. The number of nitrogens with zero attached hydrogens (tertiary/aromatic N) is 2. The van der Waals surface area contributed by atoms with Crippen LogP contribution >= 0.6 is 12.2 Å². The maximum atomic E-state index is 13.8. The number of anilines is 2. The average molecular weight is 499 g/mol. The Hall–Kier alpha value is -4.63. The van der Waals surface area contributed by atoms with Gasteiger partial charge in [-0.05, 0) is 54.7 Å². The summed E-state index contributed by atoms with van der Waals surface area (Å²) in [7, 11) is 0. The molecule has 2 heterocycles. The molecule has 0 atom stereocenters. The van der Waals surface area contributed by atoms with Crippen LogP contribution in [0.25, 0.3) is 17.0 Å². The molecule has 0 bridgehead atoms. The van der Waals surface area contributed by atoms with Crippen LogP contribution < -0.4 is 15.5 Å². The Balaban J connectivity index is 1.49. The molecule has 0 spiro atoms. The quantitative estimate of drug-likeness (QED) is 0.245. The zero-order chi connectivity index (χ0) is 25.2. The lowest BCUT2D eigenvalue weighted by Gasteiger charge is -2.28. The first-order valence-electron chi connectivity index (χ1n) is 11.0. The molecule has 178 valence electrons. The molecule has 0 radical (unpaired) electrons. The molecule has 3 amide bonds. The molecule has 5 rings (SSSR count). The van der Waals surface area contributed by atoms with Gasteiger partial charge in [-0.1, -0.05) is 42.5 Å². The first kappa shape index (κ1) is 23.1. The summed E-state index contributed by atoms with van der Waals surface area (Å²) in [5, 5.41) is 5.97. The van der Waals surface area contributed by atoms with E-state index in [4.69, 9.17) is 12.2 Å². The smallest absolute Gasteiger partial charge is 0.270 e. The minimum atomic E-state index is -0.673. The van der Waals surface area contributed by atoms with Gasteiger partial charge in [0.2, 0.25) is 5.91 Å². The maximum absolute atomic E-state index is 13.8. The van der Waals surface area contributed by atoms with E-state index < -0.39 is 17.6 Å². The molecule has 4 aromatic rings. The maximum Gasteiger partial charge on any atom is 0.270 e. The third kappa shape index (κ3) is 4.51. The highest BCUT2D eigenvalue weighted by Gasteiger charge is 2.34. The predicted octanol–water partition coefficient (Wildman–Crippen LogP) is 4.25. The molecule has 3 aromatic carbocycles. The molecule has 1 saturated heterocycles. The van der Waals surface area contributed by atoms with Gasteiger partial charge >= 0.3 is 0 Å². The number of halogens is 1. The van der Waals surface area contributed by atoms with Gasteiger partial charge in [0.15, 0.2) is 5.11 Å². The third-order valence-electron chi connectivity index (χ3n) is 5.66. The molecular formula is C27H19FN4O3S. The van der Waals surface area contributed by atoms with Gasteiger partial charge in [0.1, 0.15) is 17.9 Å². The average Bonchev–Trinajstić information content (AvgIpc) is 3.19. The molecule has 1 fully saturated rings. The number of benzene rings is 3. The van der Waals surface area contributed by atoms with Crippen LogP contribution in [0.5, 0.6) is 0 Å². The fourth-order valence-electron chi connectivity index (χ4n) is 4.06. The van der Waals surface area contributed by atoms with Gasteiger partial charge in [-0.25, -0.2) is 4.39 Å². The lowest BCUT2D eigenvalue weighted by atomic mass is 10.1. The highest BCUT2D eigenvalue weighted by molar-refractivity contribution is 7.80. The normalized spacial score (nSPS) is 14.9. The van der Waals surface area contributed by atoms with E-state index in [-0.39, 0.29) is 28.8 Å². The summed E-state index contributed by atoms with van der Waals surface area (Å²) in [5.41, 5.74) is 2.05. The van der Waals surface area contributed by atoms with Crippen molar-refractivity contribution in [1.29, 1.82) is 0 Å². The van der Waals surface area contributed by atoms with E-state index in [1.54, 1.807) is 22.9 Å². The summed E-state index contributed by atoms with van der Waals surface area (Å²) < 4.78 is 15.5. The van der Waals surface area contributed by atoms with Crippen molar-refractivity contribution < 1.29 is 18.8 Å². The van der Waals surface area contributed by atoms with Crippen molar-refractivity contribution in [2.75, 3.05) is 10.2 Å². The van der Waals surface area contributed by atoms with Crippen molar-refractivity contribution >= 4 is 63.4 Å². The molecule has 7 nitrogen and oxygen atoms in total. The summed E-state index contributed by atoms with van der Waals surface area (Å²) in [6.45, 7) is 0.0260. The number of hydrogen-bond donors (Lipinski definition) is 2. The summed E-state index contributed by atoms with van der Waals surface area (Å²) in [6.07, 6.45) is 3.17. The third-order valence-corrected chi connectivity index (χ3v) is 5.94. The Morgan fingerprint density at radius 2 is 1.75 bits per heavy atom. The molecule has 0 aliphatic carbocycles. The number of para-hydroxylation sites is 2. The van der Waals surface area contributed by atoms with Crippen LogP contribution in [0.2, 0.25) is 0 Å². The van der Waals surface area contributed by atoms with Crippen LogP contribution in [0.4, 0.5) is 15.8 Å². The van der Waals surface area contributed by atoms with Crippen LogP contribution in [0.1, 0.15) is 5.56 Å². The zero-order valence-electron chi connectivity index (χ0n) is 18.8. The molecule has 36 heavy (non-hydrogen) atoms. The standard InChI is InChI=1S/C27H19FN4O3S/c28-18-7-6-10-20(14-18)32-26(35)22(25(34)30-27(32)36)13-17-15-31(23-12-5-4-11-21(17)23)16-24(33)29-19-8-2-1-3-9-19/h1-15H,16H2,(H,29,33)(H,30,34,36)/b22-13+. The number of carbonyl (C=O) groups is 3. The number of fused-ring (bicyclic) bond motifs is 1. The number of aromatic nitrogens is 1. The van der Waals surface area contributed by atoms with E-state index in [9.17, 15) is 18.8 Å². The van der Waals surface area contributed by atoms with E-state index in [0.29, 0.717) is 11.3 Å². The van der Waals surface area contributed by atoms with E-state index in [1.807, 2.05) is 42.5 Å². The number of amides is 3. The van der Waals surface area contributed by atoms with Gasteiger partial charge in [-0.15, -0.1) is 0 Å². The van der Waals surface area contributed by atoms with Crippen LogP contribution in [0.3, 0.4) is 0 Å². The van der Waals surface area contributed by atoms with Gasteiger partial charge in [0.25, 0.3) is 11.8 Å². The Morgan fingerprint density at radius 1 is 1.00 bits per heavy atom. The number of nitrogens with one attached hydrogen (secondary N) is 2. The molecular weight excluding hydrogens is 479 g/mol. The fraction of sp³-hybridized carbons (Fsp3) is 0.0370. The fourth-order valence-corrected chi connectivity index (χ4v) is 4.34. The Morgan fingerprint density at radius 3 is 2.53 bits per heavy atom. The highest BCUT2D eigenvalue weighted by Crippen LogP contribution is 2.27. The molecule has 1 aliphatic rings. The van der Waals surface area contributed by atoms with E-state index in [1.165, 1.54) is 24.3 Å². The van der Waals surface area contributed by atoms with Crippen LogP contribution in [0.15, 0.2) is 90.6 Å². The topological polar surface area (TPSA) is 83.4 Å². The van der Waals surface area contributed by atoms with E-state index in [0.717, 1.165) is 21.9 Å². The van der Waals surface area contributed by atoms with Crippen molar-refractivity contribution in [2.45, 2.75) is 6.54 Å². The minimum Gasteiger partial charge on any atom is -0.337 e. The van der Waals surface area contributed by atoms with Crippen molar-refractivity contribution in [3.05, 3.63) is 102 Å². The first-order chi connectivity index (χ1) is 17.4. The zero-order valence-corrected chi connectivity index (χ0v) is 19.6. The second-order valence-electron chi connectivity index (χ2n) is 8.08. The number of rotatable bonds is 5. The summed E-state index contributed by atoms with van der Waals surface area (Å²) >= 11 is 5.18. The first-order valence-corrected chi connectivity index (χ1v) is 11.4. The Bertz CT molecular complexity index is 1560. The van der Waals surface area contributed by atoms with Crippen molar-refractivity contribution in [2.24, 2.45) is 0 Å². The van der Waals surface area contributed by atoms with E-state index in [2.05, 4.69) is 10.6 Å². The SMILES string of the molecule is O=C(Cn1cc(/C=C2\C(=O)NC(=S)N(c3cccc(F)c3)C2=O)c2ccccc21)Nc1ccccc1. The van der Waals surface area contributed by atoms with Crippen LogP contribution in [-0.2, 0) is 20.9 Å². The largest absolute Gasteiger partial charge is 0.337 e. The summed E-state index contributed by atoms with van der Waals surface area (Å²) in [4.78, 5) is 39.8. The van der Waals surface area contributed by atoms with Gasteiger partial charge < -0.3 is 9.88 Å². The van der Waals surface area contributed by atoms with Gasteiger partial charge in [-0.3, -0.25) is 24.6 Å². The van der Waals surface area contributed by atoms with Crippen molar-refractivity contribution in [1.82, 2.24) is 9.88 Å². The molecule has 2 N–H and O–H groups in total. The second-order valence-corrected chi connectivity index (χ2v) is 8.47. The predicted molar refractivity (Wildman–Crippen MR) is 140 cm³/mol. The molecule has 0 unspecified atom stereocenters. The Labute approximate surface area is 210 Å². The summed E-state index contributed by atoms with van der Waals surface area (Å²) in [5.74, 6) is -2.10. The molecule has 1 aliphatic heterocycles. The monoisotopic (exact) mass is 498 g/mol. The van der Waals surface area contributed by atoms with Gasteiger partial charge in [0, 0.05) is 28.4 Å². The lowest BCUT2D eigenvalue weighted by Crippen LogP contribution is -2.54. The number of carbonyl (C=O) groups excluding carboxylic acids is 3. The highest BCUT2D eigenvalue weighted by atomic mass is 32.1. The molecule has 0 saturated carbocycles. The molecule has 9 heteroatoms. The van der Waals surface area contributed by atoms with Gasteiger partial charge in [0.05, 0.1) is 5.69 Å². The van der Waals surface area contributed by atoms with Crippen LogP contribution in [-0.4, -0.2) is 27.4 Å². The van der Waals surface area contributed by atoms with Crippen molar-refractivity contribution in [3.8, 4) is 0 Å². The van der Waals surface area contributed by atoms with E-state index >= 15 is 0 Å². The minimum absolute atomic E-state index is 0.0260. The number of hydrogen-bond acceptors (Lipinski definition) is 4. The Kier molecular flexibility index (Phi) is 6.14. The molecule has 1 aromatic heterocycles. The van der Waals surface area contributed by atoms with Gasteiger partial charge in [-0.2, -0.15) is 0 Å². The second kappa shape index (κ2) is 9.55.